The van der Waals surface area contributed by atoms with Crippen LogP contribution in [0.2, 0.25) is 0 Å². The molecule has 0 spiro atoms. The molecule has 0 aromatic carbocycles. The predicted octanol–water partition coefficient (Wildman–Crippen LogP) is 2.10. The molecule has 0 atom stereocenters. The Balaban J connectivity index is 2.41. The Kier molecular flexibility index (Phi) is 2.12. The molecule has 0 fully saturated rings. The van der Waals surface area contributed by atoms with Crippen molar-refractivity contribution in [2.75, 3.05) is 0 Å². The molecule has 1 N–H and O–H groups in total. The van der Waals surface area contributed by atoms with Crippen molar-refractivity contribution in [1.82, 2.24) is 24.1 Å². The molecular weight excluding hydrogens is 234 g/mol. The number of pyridine rings is 1. The molecule has 0 saturated heterocycles. The van der Waals surface area contributed by atoms with Crippen LogP contribution in [0.3, 0.4) is 0 Å². The van der Waals surface area contributed by atoms with E-state index in [0.29, 0.717) is 4.77 Å². The summed E-state index contributed by atoms with van der Waals surface area (Å²) in [6.45, 7) is 1.97. The van der Waals surface area contributed by atoms with Gasteiger partial charge >= 0.3 is 0 Å². The summed E-state index contributed by atoms with van der Waals surface area (Å²) in [6.07, 6.45) is 1.97. The van der Waals surface area contributed by atoms with Gasteiger partial charge in [-0.1, -0.05) is 6.07 Å². The maximum Gasteiger partial charge on any atom is 0.195 e. The van der Waals surface area contributed by atoms with Gasteiger partial charge in [0.05, 0.1) is 5.69 Å². The molecule has 3 aromatic heterocycles. The topological polar surface area (TPSA) is 50.9 Å². The largest absolute Gasteiger partial charge is 0.302 e. The molecule has 0 aliphatic rings. The second-order valence-corrected chi connectivity index (χ2v) is 4.27. The number of rotatable bonds is 1. The van der Waals surface area contributed by atoms with Crippen LogP contribution in [-0.2, 0) is 7.05 Å². The van der Waals surface area contributed by atoms with Crippen molar-refractivity contribution >= 4 is 17.9 Å². The molecule has 0 bridgehead atoms. The number of aryl methyl sites for hydroxylation is 1. The van der Waals surface area contributed by atoms with Crippen LogP contribution in [-0.4, -0.2) is 24.1 Å². The van der Waals surface area contributed by atoms with Crippen molar-refractivity contribution in [2.45, 2.75) is 6.92 Å². The number of imidazole rings is 1. The molecule has 0 amide bonds. The summed E-state index contributed by atoms with van der Waals surface area (Å²) in [4.78, 5) is 4.50. The zero-order chi connectivity index (χ0) is 12.0. The van der Waals surface area contributed by atoms with E-state index in [4.69, 9.17) is 12.2 Å². The molecule has 0 radical (unpaired) electrons. The lowest BCUT2D eigenvalue weighted by Gasteiger charge is -2.01. The number of H-pyrrole nitrogens is 1. The lowest BCUT2D eigenvalue weighted by atomic mass is 10.3. The molecule has 3 aromatic rings. The Morgan fingerprint density at radius 1 is 1.35 bits per heavy atom. The Morgan fingerprint density at radius 3 is 2.88 bits per heavy atom. The number of aromatic nitrogens is 5. The summed E-state index contributed by atoms with van der Waals surface area (Å²) in [5, 5.41) is 7.05. The minimum atomic E-state index is 0.602. The summed E-state index contributed by atoms with van der Waals surface area (Å²) in [7, 11) is 1.89. The van der Waals surface area contributed by atoms with Gasteiger partial charge in [0, 0.05) is 13.2 Å². The van der Waals surface area contributed by atoms with Gasteiger partial charge in [0.25, 0.3) is 0 Å². The highest BCUT2D eigenvalue weighted by Gasteiger charge is 2.15. The van der Waals surface area contributed by atoms with E-state index in [1.165, 1.54) is 0 Å². The molecule has 86 valence electrons. The number of hydrogen-bond acceptors (Lipinski definition) is 3. The monoisotopic (exact) mass is 245 g/mol. The first kappa shape index (κ1) is 10.2. The number of nitrogens with one attached hydrogen (secondary N) is 1. The fraction of sp³-hybridized carbons (Fsp3) is 0.182. The van der Waals surface area contributed by atoms with E-state index in [9.17, 15) is 0 Å². The highest BCUT2D eigenvalue weighted by Crippen LogP contribution is 2.22. The molecule has 3 rings (SSSR count). The van der Waals surface area contributed by atoms with Crippen LogP contribution in [0.4, 0.5) is 0 Å². The Morgan fingerprint density at radius 2 is 2.18 bits per heavy atom. The minimum Gasteiger partial charge on any atom is -0.302 e. The molecule has 0 unspecified atom stereocenters. The van der Waals surface area contributed by atoms with Gasteiger partial charge in [0.2, 0.25) is 0 Å². The van der Waals surface area contributed by atoms with Gasteiger partial charge in [0.1, 0.15) is 11.3 Å². The minimum absolute atomic E-state index is 0.602. The van der Waals surface area contributed by atoms with Crippen LogP contribution in [0.5, 0.6) is 0 Å². The molecule has 0 aliphatic carbocycles. The third-order valence-electron chi connectivity index (χ3n) is 2.80. The average molecular weight is 245 g/mol. The summed E-state index contributed by atoms with van der Waals surface area (Å²) < 4.78 is 4.46. The fourth-order valence-electron chi connectivity index (χ4n) is 1.94. The van der Waals surface area contributed by atoms with E-state index in [1.807, 2.05) is 47.3 Å². The van der Waals surface area contributed by atoms with Crippen molar-refractivity contribution in [3.05, 3.63) is 34.9 Å². The second-order valence-electron chi connectivity index (χ2n) is 3.89. The van der Waals surface area contributed by atoms with Gasteiger partial charge in [-0.25, -0.2) is 4.98 Å². The van der Waals surface area contributed by atoms with Gasteiger partial charge in [-0.3, -0.25) is 9.50 Å². The lowest BCUT2D eigenvalue weighted by molar-refractivity contribution is 0.893. The summed E-state index contributed by atoms with van der Waals surface area (Å²) >= 11 is 5.13. The van der Waals surface area contributed by atoms with E-state index in [-0.39, 0.29) is 0 Å². The predicted molar refractivity (Wildman–Crippen MR) is 67.3 cm³/mol. The second kappa shape index (κ2) is 3.53. The third kappa shape index (κ3) is 1.41. The SMILES string of the molecule is Cc1nc2ccccn2c1-c1n[nH]c(=S)n1C. The van der Waals surface area contributed by atoms with Crippen molar-refractivity contribution in [3.8, 4) is 11.5 Å². The molecule has 6 heteroatoms. The van der Waals surface area contributed by atoms with Crippen molar-refractivity contribution in [2.24, 2.45) is 7.05 Å². The summed E-state index contributed by atoms with van der Waals surface area (Å²) in [6, 6.07) is 5.91. The maximum atomic E-state index is 5.13. The number of nitrogens with zero attached hydrogens (tertiary/aromatic N) is 4. The van der Waals surface area contributed by atoms with Crippen LogP contribution in [0.1, 0.15) is 5.69 Å². The highest BCUT2D eigenvalue weighted by molar-refractivity contribution is 7.71. The van der Waals surface area contributed by atoms with Gasteiger partial charge in [-0.15, -0.1) is 0 Å². The number of aromatic amines is 1. The van der Waals surface area contributed by atoms with Crippen molar-refractivity contribution < 1.29 is 0 Å². The number of fused-ring (bicyclic) bond motifs is 1. The van der Waals surface area contributed by atoms with E-state index >= 15 is 0 Å². The summed E-state index contributed by atoms with van der Waals surface area (Å²) in [5.41, 5.74) is 2.82. The van der Waals surface area contributed by atoms with E-state index in [2.05, 4.69) is 15.2 Å². The van der Waals surface area contributed by atoms with Crippen molar-refractivity contribution in [3.63, 3.8) is 0 Å². The first-order valence-electron chi connectivity index (χ1n) is 5.24. The molecule has 17 heavy (non-hydrogen) atoms. The van der Waals surface area contributed by atoms with E-state index in [1.54, 1.807) is 0 Å². The first-order chi connectivity index (χ1) is 8.18. The normalized spacial score (nSPS) is 11.2. The van der Waals surface area contributed by atoms with Crippen LogP contribution in [0.25, 0.3) is 17.2 Å². The average Bonchev–Trinajstić information content (AvgIpc) is 2.80. The van der Waals surface area contributed by atoms with Crippen LogP contribution in [0, 0.1) is 11.7 Å². The van der Waals surface area contributed by atoms with Crippen molar-refractivity contribution in [1.29, 1.82) is 0 Å². The third-order valence-corrected chi connectivity index (χ3v) is 3.16. The Hall–Kier alpha value is -1.95. The Bertz CT molecular complexity index is 749. The first-order valence-corrected chi connectivity index (χ1v) is 5.65. The van der Waals surface area contributed by atoms with Gasteiger partial charge in [0.15, 0.2) is 10.6 Å². The molecule has 3 heterocycles. The number of hydrogen-bond donors (Lipinski definition) is 1. The quantitative estimate of drug-likeness (QED) is 0.668. The van der Waals surface area contributed by atoms with Crippen LogP contribution < -0.4 is 0 Å². The molecule has 5 nitrogen and oxygen atoms in total. The van der Waals surface area contributed by atoms with Gasteiger partial charge in [-0.2, -0.15) is 5.10 Å². The zero-order valence-corrected chi connectivity index (χ0v) is 10.3. The van der Waals surface area contributed by atoms with Crippen LogP contribution in [0.15, 0.2) is 24.4 Å². The molecule has 0 aliphatic heterocycles. The van der Waals surface area contributed by atoms with E-state index in [0.717, 1.165) is 22.9 Å². The lowest BCUT2D eigenvalue weighted by Crippen LogP contribution is -1.97. The van der Waals surface area contributed by atoms with Crippen LogP contribution >= 0.6 is 12.2 Å². The van der Waals surface area contributed by atoms with Gasteiger partial charge in [-0.05, 0) is 31.3 Å². The maximum absolute atomic E-state index is 5.13. The molecule has 0 saturated carbocycles. The smallest absolute Gasteiger partial charge is 0.195 e. The zero-order valence-electron chi connectivity index (χ0n) is 9.51. The summed E-state index contributed by atoms with van der Waals surface area (Å²) in [5.74, 6) is 0.797. The van der Waals surface area contributed by atoms with E-state index < -0.39 is 0 Å². The fourth-order valence-corrected chi connectivity index (χ4v) is 2.07. The highest BCUT2D eigenvalue weighted by atomic mass is 32.1. The Labute approximate surface area is 103 Å². The molecular formula is C11H11N5S. The van der Waals surface area contributed by atoms with Gasteiger partial charge < -0.3 is 4.57 Å². The standard InChI is InChI=1S/C11H11N5S/c1-7-9(10-13-14-11(17)15(10)2)16-6-4-3-5-8(16)12-7/h3-6H,1-2H3,(H,14,17).